The van der Waals surface area contributed by atoms with Gasteiger partial charge in [-0.15, -0.1) is 0 Å². The number of benzene rings is 2. The van der Waals surface area contributed by atoms with E-state index in [1.165, 1.54) is 36.4 Å². The second-order valence-electron chi connectivity index (χ2n) is 4.09. The number of halogens is 2. The minimum Gasteiger partial charge on any atom is -0.485 e. The number of ketones is 1. The standard InChI is InChI=1S/C14H9ClFNO4/c15-12-6-5-11(7-13(12)16)21-8-14(18)9-1-3-10(4-2-9)17(19)20/h1-7H,8H2. The van der Waals surface area contributed by atoms with E-state index in [2.05, 4.69) is 0 Å². The summed E-state index contributed by atoms with van der Waals surface area (Å²) >= 11 is 5.53. The molecule has 0 aliphatic rings. The predicted molar refractivity (Wildman–Crippen MR) is 74.3 cm³/mol. The third-order valence-corrected chi connectivity index (χ3v) is 2.97. The van der Waals surface area contributed by atoms with Crippen molar-refractivity contribution in [3.8, 4) is 5.75 Å². The topological polar surface area (TPSA) is 69.4 Å². The lowest BCUT2D eigenvalue weighted by molar-refractivity contribution is -0.384. The molecule has 0 radical (unpaired) electrons. The van der Waals surface area contributed by atoms with E-state index in [0.717, 1.165) is 6.07 Å². The van der Waals surface area contributed by atoms with Crippen LogP contribution in [0.15, 0.2) is 42.5 Å². The SMILES string of the molecule is O=C(COc1ccc(Cl)c(F)c1)c1ccc([N+](=O)[O-])cc1. The highest BCUT2D eigenvalue weighted by Crippen LogP contribution is 2.20. The van der Waals surface area contributed by atoms with Crippen LogP contribution >= 0.6 is 11.6 Å². The highest BCUT2D eigenvalue weighted by molar-refractivity contribution is 6.30. The molecule has 0 saturated carbocycles. The Balaban J connectivity index is 2.01. The van der Waals surface area contributed by atoms with Gasteiger partial charge in [0.15, 0.2) is 12.4 Å². The number of non-ortho nitro benzene ring substituents is 1. The Morgan fingerprint density at radius 3 is 2.48 bits per heavy atom. The van der Waals surface area contributed by atoms with Gasteiger partial charge in [0.05, 0.1) is 9.95 Å². The van der Waals surface area contributed by atoms with Crippen molar-refractivity contribution in [2.45, 2.75) is 0 Å². The van der Waals surface area contributed by atoms with Crippen molar-refractivity contribution < 1.29 is 18.8 Å². The fraction of sp³-hybridized carbons (Fsp3) is 0.0714. The normalized spacial score (nSPS) is 10.2. The number of hydrogen-bond donors (Lipinski definition) is 0. The number of nitro groups is 1. The van der Waals surface area contributed by atoms with Crippen molar-refractivity contribution in [3.63, 3.8) is 0 Å². The first-order chi connectivity index (χ1) is 9.97. The summed E-state index contributed by atoms with van der Waals surface area (Å²) in [5.74, 6) is -0.843. The summed E-state index contributed by atoms with van der Waals surface area (Å²) in [4.78, 5) is 21.8. The van der Waals surface area contributed by atoms with Gasteiger partial charge in [-0.05, 0) is 24.3 Å². The van der Waals surface area contributed by atoms with Crippen LogP contribution < -0.4 is 4.74 Å². The molecule has 5 nitrogen and oxygen atoms in total. The third-order valence-electron chi connectivity index (χ3n) is 2.66. The molecule has 0 atom stereocenters. The lowest BCUT2D eigenvalue weighted by Crippen LogP contribution is -2.11. The van der Waals surface area contributed by atoms with Crippen molar-refractivity contribution in [2.24, 2.45) is 0 Å². The average molecular weight is 310 g/mol. The van der Waals surface area contributed by atoms with Gasteiger partial charge in [0.1, 0.15) is 11.6 Å². The molecule has 0 spiro atoms. The molecule has 108 valence electrons. The van der Waals surface area contributed by atoms with Crippen molar-refractivity contribution >= 4 is 23.1 Å². The summed E-state index contributed by atoms with van der Waals surface area (Å²) in [5, 5.41) is 10.5. The number of Topliss-reactive ketones (excluding diaryl/α,β-unsaturated/α-hetero) is 1. The predicted octanol–water partition coefficient (Wildman–Crippen LogP) is 3.65. The van der Waals surface area contributed by atoms with Crippen LogP contribution in [0.5, 0.6) is 5.75 Å². The zero-order valence-electron chi connectivity index (χ0n) is 10.6. The molecule has 0 N–H and O–H groups in total. The van der Waals surface area contributed by atoms with Crippen LogP contribution in [-0.4, -0.2) is 17.3 Å². The first-order valence-electron chi connectivity index (χ1n) is 5.83. The smallest absolute Gasteiger partial charge is 0.269 e. The number of ether oxygens (including phenoxy) is 1. The Labute approximate surface area is 124 Å². The summed E-state index contributed by atoms with van der Waals surface area (Å²) in [6.45, 7) is -0.307. The van der Waals surface area contributed by atoms with Gasteiger partial charge < -0.3 is 4.74 Å². The van der Waals surface area contributed by atoms with Crippen LogP contribution in [-0.2, 0) is 0 Å². The molecule has 0 aromatic heterocycles. The zero-order valence-corrected chi connectivity index (χ0v) is 11.3. The second kappa shape index (κ2) is 6.32. The van der Waals surface area contributed by atoms with Gasteiger partial charge in [-0.25, -0.2) is 4.39 Å². The maximum absolute atomic E-state index is 13.2. The monoisotopic (exact) mass is 309 g/mol. The molecule has 0 bridgehead atoms. The number of nitrogens with zero attached hydrogens (tertiary/aromatic N) is 1. The molecule has 2 aromatic rings. The molecule has 0 amide bonds. The Kier molecular flexibility index (Phi) is 4.49. The highest BCUT2D eigenvalue weighted by Gasteiger charge is 2.11. The molecule has 0 unspecified atom stereocenters. The van der Waals surface area contributed by atoms with E-state index in [1.807, 2.05) is 0 Å². The summed E-state index contributed by atoms with van der Waals surface area (Å²) < 4.78 is 18.3. The van der Waals surface area contributed by atoms with Crippen LogP contribution in [0, 0.1) is 15.9 Å². The minimum atomic E-state index is -0.642. The molecule has 0 fully saturated rings. The Morgan fingerprint density at radius 1 is 1.24 bits per heavy atom. The van der Waals surface area contributed by atoms with E-state index in [9.17, 15) is 19.3 Å². The maximum atomic E-state index is 13.2. The average Bonchev–Trinajstić information content (AvgIpc) is 2.48. The first-order valence-corrected chi connectivity index (χ1v) is 6.20. The van der Waals surface area contributed by atoms with Crippen LogP contribution in [0.4, 0.5) is 10.1 Å². The van der Waals surface area contributed by atoms with Crippen LogP contribution in [0.2, 0.25) is 5.02 Å². The number of carbonyl (C=O) groups excluding carboxylic acids is 1. The van der Waals surface area contributed by atoms with Gasteiger partial charge in [0, 0.05) is 23.8 Å². The molecule has 2 aromatic carbocycles. The van der Waals surface area contributed by atoms with Gasteiger partial charge in [-0.3, -0.25) is 14.9 Å². The van der Waals surface area contributed by atoms with Crippen LogP contribution in [0.3, 0.4) is 0 Å². The van der Waals surface area contributed by atoms with Crippen molar-refractivity contribution in [3.05, 3.63) is 69.0 Å². The second-order valence-corrected chi connectivity index (χ2v) is 4.50. The van der Waals surface area contributed by atoms with E-state index in [4.69, 9.17) is 16.3 Å². The Bertz CT molecular complexity index is 688. The first kappa shape index (κ1) is 14.9. The fourth-order valence-corrected chi connectivity index (χ4v) is 1.69. The van der Waals surface area contributed by atoms with Crippen LogP contribution in [0.25, 0.3) is 0 Å². The lowest BCUT2D eigenvalue weighted by Gasteiger charge is -2.06. The molecule has 0 heterocycles. The maximum Gasteiger partial charge on any atom is 0.269 e. The van der Waals surface area contributed by atoms with E-state index in [1.54, 1.807) is 0 Å². The lowest BCUT2D eigenvalue weighted by atomic mass is 10.1. The zero-order chi connectivity index (χ0) is 15.4. The van der Waals surface area contributed by atoms with E-state index < -0.39 is 10.7 Å². The van der Waals surface area contributed by atoms with Gasteiger partial charge in [-0.2, -0.15) is 0 Å². The Morgan fingerprint density at radius 2 is 1.90 bits per heavy atom. The molecule has 0 aliphatic carbocycles. The molecule has 21 heavy (non-hydrogen) atoms. The molecule has 0 saturated heterocycles. The van der Waals surface area contributed by atoms with Crippen molar-refractivity contribution in [2.75, 3.05) is 6.61 Å². The van der Waals surface area contributed by atoms with Crippen molar-refractivity contribution in [1.82, 2.24) is 0 Å². The van der Waals surface area contributed by atoms with Gasteiger partial charge in [0.25, 0.3) is 5.69 Å². The van der Waals surface area contributed by atoms with Crippen LogP contribution in [0.1, 0.15) is 10.4 Å². The molecule has 2 rings (SSSR count). The van der Waals surface area contributed by atoms with Gasteiger partial charge >= 0.3 is 0 Å². The molecular formula is C14H9ClFNO4. The number of carbonyl (C=O) groups is 1. The van der Waals surface area contributed by atoms with E-state index in [-0.39, 0.29) is 34.4 Å². The Hall–Kier alpha value is -2.47. The summed E-state index contributed by atoms with van der Waals surface area (Å²) in [6.07, 6.45) is 0. The van der Waals surface area contributed by atoms with Crippen molar-refractivity contribution in [1.29, 1.82) is 0 Å². The molecule has 7 heteroatoms. The summed E-state index contributed by atoms with van der Waals surface area (Å²) in [7, 11) is 0. The largest absolute Gasteiger partial charge is 0.485 e. The highest BCUT2D eigenvalue weighted by atomic mass is 35.5. The number of hydrogen-bond acceptors (Lipinski definition) is 4. The summed E-state index contributed by atoms with van der Waals surface area (Å²) in [6, 6.07) is 8.98. The fourth-order valence-electron chi connectivity index (χ4n) is 1.57. The molecular weight excluding hydrogens is 301 g/mol. The van der Waals surface area contributed by atoms with E-state index in [0.29, 0.717) is 0 Å². The van der Waals surface area contributed by atoms with Gasteiger partial charge in [-0.1, -0.05) is 11.6 Å². The third kappa shape index (κ3) is 3.76. The number of rotatable bonds is 5. The number of nitro benzene ring substituents is 1. The minimum absolute atomic E-state index is 0.0379. The van der Waals surface area contributed by atoms with E-state index >= 15 is 0 Å². The summed E-state index contributed by atoms with van der Waals surface area (Å²) in [5.41, 5.74) is 0.169. The quantitative estimate of drug-likeness (QED) is 0.480. The van der Waals surface area contributed by atoms with Gasteiger partial charge in [0.2, 0.25) is 0 Å². The molecule has 0 aliphatic heterocycles.